The lowest BCUT2D eigenvalue weighted by molar-refractivity contribution is 0.242. The summed E-state index contributed by atoms with van der Waals surface area (Å²) in [4.78, 5) is 11.8. The van der Waals surface area contributed by atoms with Gasteiger partial charge in [-0.1, -0.05) is 29.3 Å². The summed E-state index contributed by atoms with van der Waals surface area (Å²) in [6.07, 6.45) is 5.34. The summed E-state index contributed by atoms with van der Waals surface area (Å²) in [5, 5.41) is 4.69. The quantitative estimate of drug-likeness (QED) is 0.902. The van der Waals surface area contributed by atoms with E-state index in [0.717, 1.165) is 44.8 Å². The predicted molar refractivity (Wildman–Crippen MR) is 96.3 cm³/mol. The Kier molecular flexibility index (Phi) is 4.72. The Morgan fingerprint density at radius 2 is 2.17 bits per heavy atom. The maximum absolute atomic E-state index is 6.12. The highest BCUT2D eigenvalue weighted by atomic mass is 35.5. The number of hydrogen-bond donors (Lipinski definition) is 1. The second-order valence-electron chi connectivity index (χ2n) is 6.56. The molecule has 0 amide bonds. The standard InChI is InChI=1S/C18H20Cl2N4/c19-14-4-3-12(8-15(14)20)10-24-7-5-16-13(11-24)9-22-18(23-16)17-2-1-6-21-17/h3-4,8-9,17,21H,1-2,5-7,10-11H2. The smallest absolute Gasteiger partial charge is 0.145 e. The summed E-state index contributed by atoms with van der Waals surface area (Å²) < 4.78 is 0. The van der Waals surface area contributed by atoms with Crippen LogP contribution in [0.25, 0.3) is 0 Å². The van der Waals surface area contributed by atoms with E-state index in [1.165, 1.54) is 23.2 Å². The molecule has 1 saturated heterocycles. The van der Waals surface area contributed by atoms with Crippen molar-refractivity contribution in [1.29, 1.82) is 0 Å². The van der Waals surface area contributed by atoms with Crippen LogP contribution in [0.15, 0.2) is 24.4 Å². The van der Waals surface area contributed by atoms with Crippen molar-refractivity contribution < 1.29 is 0 Å². The van der Waals surface area contributed by atoms with Crippen molar-refractivity contribution >= 4 is 23.2 Å². The Balaban J connectivity index is 1.46. The molecule has 1 aromatic heterocycles. The molecule has 1 aromatic carbocycles. The van der Waals surface area contributed by atoms with Gasteiger partial charge in [-0.25, -0.2) is 9.97 Å². The molecular formula is C18H20Cl2N4. The van der Waals surface area contributed by atoms with Crippen LogP contribution in [0.1, 0.15) is 41.5 Å². The van der Waals surface area contributed by atoms with Gasteiger partial charge in [-0.05, 0) is 37.1 Å². The van der Waals surface area contributed by atoms with E-state index in [1.807, 2.05) is 24.4 Å². The minimum atomic E-state index is 0.338. The van der Waals surface area contributed by atoms with Crippen molar-refractivity contribution in [2.45, 2.75) is 38.4 Å². The average Bonchev–Trinajstić information content (AvgIpc) is 3.12. The Labute approximate surface area is 152 Å². The van der Waals surface area contributed by atoms with Gasteiger partial charge >= 0.3 is 0 Å². The van der Waals surface area contributed by atoms with Crippen LogP contribution in [0.2, 0.25) is 10.0 Å². The van der Waals surface area contributed by atoms with Crippen molar-refractivity contribution in [3.63, 3.8) is 0 Å². The van der Waals surface area contributed by atoms with Crippen LogP contribution >= 0.6 is 23.2 Å². The van der Waals surface area contributed by atoms with Crippen LogP contribution in [0.3, 0.4) is 0 Å². The molecule has 0 aliphatic carbocycles. The SMILES string of the molecule is Clc1ccc(CN2CCc3nc(C4CCCN4)ncc3C2)cc1Cl. The topological polar surface area (TPSA) is 41.1 Å². The molecule has 4 rings (SSSR count). The van der Waals surface area contributed by atoms with E-state index < -0.39 is 0 Å². The van der Waals surface area contributed by atoms with E-state index >= 15 is 0 Å². The van der Waals surface area contributed by atoms with Gasteiger partial charge in [0, 0.05) is 43.5 Å². The van der Waals surface area contributed by atoms with E-state index in [4.69, 9.17) is 28.2 Å². The number of nitrogens with zero attached hydrogens (tertiary/aromatic N) is 3. The predicted octanol–water partition coefficient (Wildman–Crippen LogP) is 3.77. The first-order chi connectivity index (χ1) is 11.7. The average molecular weight is 363 g/mol. The monoisotopic (exact) mass is 362 g/mol. The summed E-state index contributed by atoms with van der Waals surface area (Å²) >= 11 is 12.1. The summed E-state index contributed by atoms with van der Waals surface area (Å²) in [6, 6.07) is 6.19. The Bertz CT molecular complexity index is 744. The molecule has 0 spiro atoms. The number of halogens is 2. The molecule has 0 radical (unpaired) electrons. The van der Waals surface area contributed by atoms with E-state index in [0.29, 0.717) is 16.1 Å². The van der Waals surface area contributed by atoms with E-state index in [2.05, 4.69) is 15.2 Å². The summed E-state index contributed by atoms with van der Waals surface area (Å²) in [6.45, 7) is 3.82. The normalized spacial score (nSPS) is 21.0. The summed E-state index contributed by atoms with van der Waals surface area (Å²) in [7, 11) is 0. The zero-order chi connectivity index (χ0) is 16.5. The molecule has 3 heterocycles. The van der Waals surface area contributed by atoms with Crippen LogP contribution in [-0.2, 0) is 19.5 Å². The van der Waals surface area contributed by atoms with E-state index in [9.17, 15) is 0 Å². The molecule has 126 valence electrons. The largest absolute Gasteiger partial charge is 0.307 e. The third kappa shape index (κ3) is 3.42. The van der Waals surface area contributed by atoms with Crippen LogP contribution in [0, 0.1) is 0 Å². The van der Waals surface area contributed by atoms with Crippen LogP contribution < -0.4 is 5.32 Å². The highest BCUT2D eigenvalue weighted by molar-refractivity contribution is 6.42. The van der Waals surface area contributed by atoms with E-state index in [-0.39, 0.29) is 0 Å². The van der Waals surface area contributed by atoms with Crippen molar-refractivity contribution in [2.75, 3.05) is 13.1 Å². The first-order valence-electron chi connectivity index (χ1n) is 8.43. The lowest BCUT2D eigenvalue weighted by Gasteiger charge is -2.28. The van der Waals surface area contributed by atoms with Gasteiger partial charge in [-0.2, -0.15) is 0 Å². The second kappa shape index (κ2) is 6.96. The fourth-order valence-corrected chi connectivity index (χ4v) is 3.81. The molecule has 1 fully saturated rings. The maximum atomic E-state index is 6.12. The van der Waals surface area contributed by atoms with Gasteiger partial charge in [0.2, 0.25) is 0 Å². The van der Waals surface area contributed by atoms with Gasteiger partial charge in [0.25, 0.3) is 0 Å². The number of fused-ring (bicyclic) bond motifs is 1. The van der Waals surface area contributed by atoms with Gasteiger partial charge < -0.3 is 5.32 Å². The van der Waals surface area contributed by atoms with Gasteiger partial charge in [0.15, 0.2) is 0 Å². The number of nitrogens with one attached hydrogen (secondary N) is 1. The highest BCUT2D eigenvalue weighted by Gasteiger charge is 2.23. The van der Waals surface area contributed by atoms with Crippen molar-refractivity contribution in [2.24, 2.45) is 0 Å². The van der Waals surface area contributed by atoms with Gasteiger partial charge in [0.05, 0.1) is 16.1 Å². The van der Waals surface area contributed by atoms with Crippen molar-refractivity contribution in [3.8, 4) is 0 Å². The maximum Gasteiger partial charge on any atom is 0.145 e. The molecule has 0 bridgehead atoms. The Hall–Kier alpha value is -1.20. The third-order valence-electron chi connectivity index (χ3n) is 4.79. The molecule has 1 N–H and O–H groups in total. The Morgan fingerprint density at radius 1 is 1.25 bits per heavy atom. The molecular weight excluding hydrogens is 343 g/mol. The molecule has 4 nitrogen and oxygen atoms in total. The molecule has 24 heavy (non-hydrogen) atoms. The number of hydrogen-bond acceptors (Lipinski definition) is 4. The fourth-order valence-electron chi connectivity index (χ4n) is 3.49. The second-order valence-corrected chi connectivity index (χ2v) is 7.37. The number of aromatic nitrogens is 2. The van der Waals surface area contributed by atoms with Crippen molar-refractivity contribution in [1.82, 2.24) is 20.2 Å². The fraction of sp³-hybridized carbons (Fsp3) is 0.444. The molecule has 2 aliphatic heterocycles. The third-order valence-corrected chi connectivity index (χ3v) is 5.53. The van der Waals surface area contributed by atoms with Crippen LogP contribution in [0.5, 0.6) is 0 Å². The molecule has 1 atom stereocenters. The van der Waals surface area contributed by atoms with Gasteiger partial charge in [-0.3, -0.25) is 4.90 Å². The van der Waals surface area contributed by atoms with Crippen LogP contribution in [0.4, 0.5) is 0 Å². The number of rotatable bonds is 3. The zero-order valence-corrected chi connectivity index (χ0v) is 14.9. The van der Waals surface area contributed by atoms with E-state index in [1.54, 1.807) is 0 Å². The zero-order valence-electron chi connectivity index (χ0n) is 13.4. The lowest BCUT2D eigenvalue weighted by Crippen LogP contribution is -2.31. The van der Waals surface area contributed by atoms with Crippen molar-refractivity contribution in [3.05, 3.63) is 57.1 Å². The molecule has 1 unspecified atom stereocenters. The molecule has 2 aliphatic rings. The summed E-state index contributed by atoms with van der Waals surface area (Å²) in [5.41, 5.74) is 3.63. The minimum absolute atomic E-state index is 0.338. The minimum Gasteiger partial charge on any atom is -0.307 e. The lowest BCUT2D eigenvalue weighted by atomic mass is 10.1. The molecule has 2 aromatic rings. The molecule has 0 saturated carbocycles. The highest BCUT2D eigenvalue weighted by Crippen LogP contribution is 2.26. The molecule has 6 heteroatoms. The first-order valence-corrected chi connectivity index (χ1v) is 9.19. The van der Waals surface area contributed by atoms with Gasteiger partial charge in [-0.15, -0.1) is 0 Å². The van der Waals surface area contributed by atoms with Gasteiger partial charge in [0.1, 0.15) is 5.82 Å². The Morgan fingerprint density at radius 3 is 2.96 bits per heavy atom. The first kappa shape index (κ1) is 16.3. The number of benzene rings is 1. The summed E-state index contributed by atoms with van der Waals surface area (Å²) in [5.74, 6) is 0.962. The van der Waals surface area contributed by atoms with Crippen LogP contribution in [-0.4, -0.2) is 28.0 Å².